The van der Waals surface area contributed by atoms with E-state index in [-0.39, 0.29) is 0 Å². The lowest BCUT2D eigenvalue weighted by Crippen LogP contribution is -2.38. The molecule has 2 nitrogen and oxygen atoms in total. The van der Waals surface area contributed by atoms with E-state index in [0.29, 0.717) is 6.10 Å². The molecule has 0 bridgehead atoms. The molecule has 1 aliphatic heterocycles. The van der Waals surface area contributed by atoms with Crippen molar-refractivity contribution in [1.82, 2.24) is 4.90 Å². The number of fused-ring (bicyclic) bond motifs is 1. The van der Waals surface area contributed by atoms with E-state index in [0.717, 1.165) is 11.8 Å². The molecule has 0 spiro atoms. The summed E-state index contributed by atoms with van der Waals surface area (Å²) in [5.41, 5.74) is 0. The Bertz CT molecular complexity index is 160. The molecular weight excluding hydrogens is 150 g/mol. The van der Waals surface area contributed by atoms with Gasteiger partial charge in [-0.3, -0.25) is 0 Å². The van der Waals surface area contributed by atoms with Gasteiger partial charge in [0, 0.05) is 13.7 Å². The molecule has 12 heavy (non-hydrogen) atoms. The van der Waals surface area contributed by atoms with Gasteiger partial charge in [0.05, 0.1) is 6.10 Å². The number of rotatable bonds is 1. The molecule has 0 N–H and O–H groups in total. The highest BCUT2D eigenvalue weighted by Crippen LogP contribution is 2.38. The van der Waals surface area contributed by atoms with Crippen molar-refractivity contribution in [2.75, 3.05) is 27.2 Å². The molecule has 0 aromatic carbocycles. The van der Waals surface area contributed by atoms with Crippen molar-refractivity contribution in [1.29, 1.82) is 0 Å². The average molecular weight is 169 g/mol. The molecule has 1 saturated carbocycles. The van der Waals surface area contributed by atoms with Crippen LogP contribution < -0.4 is 0 Å². The van der Waals surface area contributed by atoms with Crippen LogP contribution in [0.4, 0.5) is 0 Å². The fraction of sp³-hybridized carbons (Fsp3) is 1.00. The molecule has 1 heterocycles. The van der Waals surface area contributed by atoms with E-state index >= 15 is 0 Å². The lowest BCUT2D eigenvalue weighted by molar-refractivity contribution is 0.0338. The normalized spacial score (nSPS) is 43.0. The fourth-order valence-corrected chi connectivity index (χ4v) is 2.91. The van der Waals surface area contributed by atoms with E-state index in [1.807, 2.05) is 7.11 Å². The number of piperidine rings is 1. The van der Waals surface area contributed by atoms with Crippen LogP contribution >= 0.6 is 0 Å². The van der Waals surface area contributed by atoms with E-state index in [4.69, 9.17) is 4.74 Å². The van der Waals surface area contributed by atoms with Crippen molar-refractivity contribution in [2.45, 2.75) is 25.4 Å². The monoisotopic (exact) mass is 169 g/mol. The maximum atomic E-state index is 5.50. The second-order valence-electron chi connectivity index (χ2n) is 4.33. The zero-order valence-electron chi connectivity index (χ0n) is 8.12. The van der Waals surface area contributed by atoms with Crippen molar-refractivity contribution in [3.8, 4) is 0 Å². The van der Waals surface area contributed by atoms with E-state index in [9.17, 15) is 0 Å². The number of methoxy groups -OCH3 is 1. The average Bonchev–Trinajstić information content (AvgIpc) is 2.46. The molecule has 3 unspecified atom stereocenters. The number of nitrogens with zero attached hydrogens (tertiary/aromatic N) is 1. The molecule has 3 atom stereocenters. The maximum Gasteiger partial charge on any atom is 0.0603 e. The van der Waals surface area contributed by atoms with E-state index in [1.54, 1.807) is 0 Å². The molecule has 2 fully saturated rings. The van der Waals surface area contributed by atoms with Crippen molar-refractivity contribution in [3.05, 3.63) is 0 Å². The smallest absolute Gasteiger partial charge is 0.0603 e. The van der Waals surface area contributed by atoms with Crippen molar-refractivity contribution < 1.29 is 4.74 Å². The molecule has 2 rings (SSSR count). The van der Waals surface area contributed by atoms with Gasteiger partial charge in [0.25, 0.3) is 0 Å². The van der Waals surface area contributed by atoms with Gasteiger partial charge in [-0.1, -0.05) is 0 Å². The van der Waals surface area contributed by atoms with Gasteiger partial charge in [-0.05, 0) is 44.7 Å². The Labute approximate surface area is 74.9 Å². The molecule has 1 aliphatic carbocycles. The summed E-state index contributed by atoms with van der Waals surface area (Å²) in [6, 6.07) is 0. The topological polar surface area (TPSA) is 12.5 Å². The highest BCUT2D eigenvalue weighted by molar-refractivity contribution is 4.90. The fourth-order valence-electron chi connectivity index (χ4n) is 2.91. The molecule has 2 heteroatoms. The van der Waals surface area contributed by atoms with Crippen molar-refractivity contribution in [3.63, 3.8) is 0 Å². The third-order valence-corrected chi connectivity index (χ3v) is 3.60. The Balaban J connectivity index is 1.98. The minimum Gasteiger partial charge on any atom is -0.381 e. The summed E-state index contributed by atoms with van der Waals surface area (Å²) in [6.45, 7) is 2.56. The van der Waals surface area contributed by atoms with E-state index in [1.165, 1.54) is 32.4 Å². The van der Waals surface area contributed by atoms with Crippen LogP contribution in [0.5, 0.6) is 0 Å². The van der Waals surface area contributed by atoms with Crippen LogP contribution in [0.3, 0.4) is 0 Å². The lowest BCUT2D eigenvalue weighted by atomic mass is 9.88. The number of hydrogen-bond acceptors (Lipinski definition) is 2. The third-order valence-electron chi connectivity index (χ3n) is 3.60. The van der Waals surface area contributed by atoms with Gasteiger partial charge in [-0.2, -0.15) is 0 Å². The Morgan fingerprint density at radius 3 is 2.83 bits per heavy atom. The molecule has 0 aromatic heterocycles. The van der Waals surface area contributed by atoms with Gasteiger partial charge in [-0.15, -0.1) is 0 Å². The van der Waals surface area contributed by atoms with Crippen LogP contribution in [0.2, 0.25) is 0 Å². The summed E-state index contributed by atoms with van der Waals surface area (Å²) in [7, 11) is 4.10. The Morgan fingerprint density at radius 2 is 2.08 bits per heavy atom. The van der Waals surface area contributed by atoms with E-state index in [2.05, 4.69) is 11.9 Å². The lowest BCUT2D eigenvalue weighted by Gasteiger charge is -2.34. The highest BCUT2D eigenvalue weighted by Gasteiger charge is 2.38. The molecular formula is C10H19NO. The first-order valence-corrected chi connectivity index (χ1v) is 5.02. The van der Waals surface area contributed by atoms with Crippen LogP contribution in [-0.4, -0.2) is 38.3 Å². The first kappa shape index (κ1) is 8.52. The van der Waals surface area contributed by atoms with Crippen LogP contribution in [0.25, 0.3) is 0 Å². The van der Waals surface area contributed by atoms with Crippen LogP contribution in [0.1, 0.15) is 19.3 Å². The zero-order chi connectivity index (χ0) is 8.55. The first-order valence-electron chi connectivity index (χ1n) is 5.02. The molecule has 2 aliphatic rings. The number of ether oxygens (including phenoxy) is 1. The van der Waals surface area contributed by atoms with Gasteiger partial charge in [0.2, 0.25) is 0 Å². The summed E-state index contributed by atoms with van der Waals surface area (Å²) in [5, 5.41) is 0. The van der Waals surface area contributed by atoms with Crippen LogP contribution in [0, 0.1) is 11.8 Å². The van der Waals surface area contributed by atoms with Gasteiger partial charge < -0.3 is 9.64 Å². The minimum atomic E-state index is 0.573. The largest absolute Gasteiger partial charge is 0.381 e. The molecule has 1 saturated heterocycles. The van der Waals surface area contributed by atoms with Gasteiger partial charge in [0.15, 0.2) is 0 Å². The summed E-state index contributed by atoms with van der Waals surface area (Å²) in [4.78, 5) is 2.46. The number of likely N-dealkylation sites (tertiary alicyclic amines) is 1. The number of hydrogen-bond donors (Lipinski definition) is 0. The summed E-state index contributed by atoms with van der Waals surface area (Å²) < 4.78 is 5.50. The minimum absolute atomic E-state index is 0.573. The van der Waals surface area contributed by atoms with Gasteiger partial charge in [0.1, 0.15) is 0 Å². The zero-order valence-corrected chi connectivity index (χ0v) is 8.12. The predicted octanol–water partition coefficient (Wildman–Crippen LogP) is 1.36. The first-order chi connectivity index (χ1) is 5.81. The third kappa shape index (κ3) is 1.38. The standard InChI is InChI=1S/C10H19NO/c1-11-6-5-9-8(7-11)3-4-10(9)12-2/h8-10H,3-7H2,1-2H3. The second-order valence-corrected chi connectivity index (χ2v) is 4.33. The highest BCUT2D eigenvalue weighted by atomic mass is 16.5. The SMILES string of the molecule is COC1CCC2CN(C)CCC21. The van der Waals surface area contributed by atoms with Crippen LogP contribution in [0.15, 0.2) is 0 Å². The molecule has 0 amide bonds. The molecule has 0 radical (unpaired) electrons. The van der Waals surface area contributed by atoms with E-state index < -0.39 is 0 Å². The Morgan fingerprint density at radius 1 is 1.25 bits per heavy atom. The summed E-state index contributed by atoms with van der Waals surface area (Å²) in [5.74, 6) is 1.79. The van der Waals surface area contributed by atoms with Crippen molar-refractivity contribution in [2.24, 2.45) is 11.8 Å². The van der Waals surface area contributed by atoms with Gasteiger partial charge in [-0.25, -0.2) is 0 Å². The molecule has 70 valence electrons. The van der Waals surface area contributed by atoms with Crippen molar-refractivity contribution >= 4 is 0 Å². The molecule has 0 aromatic rings. The second kappa shape index (κ2) is 3.35. The Hall–Kier alpha value is -0.0800. The summed E-state index contributed by atoms with van der Waals surface area (Å²) >= 11 is 0. The summed E-state index contributed by atoms with van der Waals surface area (Å²) in [6.07, 6.45) is 4.59. The Kier molecular flexibility index (Phi) is 2.37. The quantitative estimate of drug-likeness (QED) is 0.587. The van der Waals surface area contributed by atoms with Crippen LogP contribution in [-0.2, 0) is 4.74 Å². The predicted molar refractivity (Wildman–Crippen MR) is 49.1 cm³/mol. The maximum absolute atomic E-state index is 5.50. The van der Waals surface area contributed by atoms with Gasteiger partial charge >= 0.3 is 0 Å².